The van der Waals surface area contributed by atoms with Crippen LogP contribution in [-0.4, -0.2) is 28.0 Å². The van der Waals surface area contributed by atoms with Crippen molar-refractivity contribution >= 4 is 21.7 Å². The van der Waals surface area contributed by atoms with E-state index in [1.165, 1.54) is 11.4 Å². The first kappa shape index (κ1) is 20.2. The van der Waals surface area contributed by atoms with Crippen LogP contribution >= 0.6 is 0 Å². The summed E-state index contributed by atoms with van der Waals surface area (Å²) in [6.45, 7) is 1.90. The Bertz CT molecular complexity index is 1170. The summed E-state index contributed by atoms with van der Waals surface area (Å²) in [6, 6.07) is 23.5. The van der Waals surface area contributed by atoms with Gasteiger partial charge < -0.3 is 4.74 Å². The molecule has 3 aromatic rings. The van der Waals surface area contributed by atoms with Gasteiger partial charge in [-0.05, 0) is 42.7 Å². The lowest BCUT2D eigenvalue weighted by Crippen LogP contribution is -2.45. The Morgan fingerprint density at radius 1 is 0.967 bits per heavy atom. The maximum atomic E-state index is 13.5. The molecule has 0 amide bonds. The number of nitrogens with zero attached hydrogens (tertiary/aromatic N) is 1. The van der Waals surface area contributed by atoms with E-state index in [2.05, 4.69) is 0 Å². The van der Waals surface area contributed by atoms with Crippen molar-refractivity contribution in [2.45, 2.75) is 23.7 Å². The van der Waals surface area contributed by atoms with Crippen LogP contribution in [0.4, 0.5) is 5.69 Å². The quantitative estimate of drug-likeness (QED) is 0.587. The van der Waals surface area contributed by atoms with Gasteiger partial charge in [-0.1, -0.05) is 66.2 Å². The summed E-state index contributed by atoms with van der Waals surface area (Å²) >= 11 is 0. The maximum Gasteiger partial charge on any atom is 0.318 e. The van der Waals surface area contributed by atoms with Gasteiger partial charge in [0.1, 0.15) is 5.41 Å². The summed E-state index contributed by atoms with van der Waals surface area (Å²) in [6.07, 6.45) is 0.345. The molecule has 1 aliphatic rings. The SMILES string of the molecule is COC(=O)C1(Cc2ccccc2)CN(S(=O)(=O)c2ccc(C)cc2)c2ccccc21. The summed E-state index contributed by atoms with van der Waals surface area (Å²) in [4.78, 5) is 13.3. The smallest absolute Gasteiger partial charge is 0.318 e. The fourth-order valence-corrected chi connectivity index (χ4v) is 5.64. The van der Waals surface area contributed by atoms with E-state index in [1.54, 1.807) is 36.4 Å². The first-order valence-electron chi connectivity index (χ1n) is 9.70. The van der Waals surface area contributed by atoms with Crippen molar-refractivity contribution in [2.24, 2.45) is 0 Å². The van der Waals surface area contributed by atoms with Gasteiger partial charge in [-0.2, -0.15) is 0 Å². The number of hydrogen-bond donors (Lipinski definition) is 0. The summed E-state index contributed by atoms with van der Waals surface area (Å²) in [7, 11) is -2.51. The van der Waals surface area contributed by atoms with Crippen LogP contribution < -0.4 is 4.31 Å². The molecule has 0 radical (unpaired) electrons. The average molecular weight is 422 g/mol. The van der Waals surface area contributed by atoms with Crippen LogP contribution in [0.15, 0.2) is 83.8 Å². The van der Waals surface area contributed by atoms with Gasteiger partial charge >= 0.3 is 5.97 Å². The first-order chi connectivity index (χ1) is 14.4. The van der Waals surface area contributed by atoms with Crippen LogP contribution in [0, 0.1) is 6.92 Å². The number of fused-ring (bicyclic) bond motifs is 1. The highest BCUT2D eigenvalue weighted by Gasteiger charge is 2.52. The van der Waals surface area contributed by atoms with Gasteiger partial charge in [-0.3, -0.25) is 9.10 Å². The minimum Gasteiger partial charge on any atom is -0.468 e. The van der Waals surface area contributed by atoms with Crippen molar-refractivity contribution in [1.82, 2.24) is 0 Å². The monoisotopic (exact) mass is 421 g/mol. The number of esters is 1. The van der Waals surface area contributed by atoms with Crippen molar-refractivity contribution in [1.29, 1.82) is 0 Å². The lowest BCUT2D eigenvalue weighted by atomic mass is 9.77. The number of methoxy groups -OCH3 is 1. The number of hydrogen-bond acceptors (Lipinski definition) is 4. The Morgan fingerprint density at radius 3 is 2.27 bits per heavy atom. The molecule has 3 aromatic carbocycles. The molecule has 0 aromatic heterocycles. The van der Waals surface area contributed by atoms with E-state index in [0.717, 1.165) is 11.1 Å². The van der Waals surface area contributed by atoms with E-state index in [-0.39, 0.29) is 11.4 Å². The molecule has 6 heteroatoms. The third kappa shape index (κ3) is 3.27. The molecule has 154 valence electrons. The predicted molar refractivity (Wildman–Crippen MR) is 116 cm³/mol. The Hall–Kier alpha value is -3.12. The van der Waals surface area contributed by atoms with Crippen molar-refractivity contribution < 1.29 is 17.9 Å². The highest BCUT2D eigenvalue weighted by atomic mass is 32.2. The van der Waals surface area contributed by atoms with Gasteiger partial charge in [0.25, 0.3) is 10.0 Å². The molecule has 30 heavy (non-hydrogen) atoms. The fraction of sp³-hybridized carbons (Fsp3) is 0.208. The molecule has 0 aliphatic carbocycles. The Kier molecular flexibility index (Phi) is 5.12. The van der Waals surface area contributed by atoms with E-state index < -0.39 is 21.4 Å². The Balaban J connectivity index is 1.86. The number of benzene rings is 3. The summed E-state index contributed by atoms with van der Waals surface area (Å²) in [5.41, 5.74) is 1.97. The lowest BCUT2D eigenvalue weighted by molar-refractivity contribution is -0.146. The molecule has 1 aliphatic heterocycles. The second-order valence-electron chi connectivity index (χ2n) is 7.58. The highest BCUT2D eigenvalue weighted by molar-refractivity contribution is 7.92. The summed E-state index contributed by atoms with van der Waals surface area (Å²) < 4.78 is 33.6. The predicted octanol–water partition coefficient (Wildman–Crippen LogP) is 3.86. The summed E-state index contributed by atoms with van der Waals surface area (Å²) in [5.74, 6) is -0.444. The third-order valence-electron chi connectivity index (χ3n) is 5.64. The summed E-state index contributed by atoms with van der Waals surface area (Å²) in [5, 5.41) is 0. The standard InChI is InChI=1S/C24H23NO4S/c1-18-12-14-20(15-13-18)30(27,28)25-17-24(23(26)29-2,16-19-8-4-3-5-9-19)21-10-6-7-11-22(21)25/h3-15H,16-17H2,1-2H3. The highest BCUT2D eigenvalue weighted by Crippen LogP contribution is 2.46. The minimum absolute atomic E-state index is 0.00980. The zero-order chi connectivity index (χ0) is 21.4. The lowest BCUT2D eigenvalue weighted by Gasteiger charge is -2.28. The van der Waals surface area contributed by atoms with Crippen molar-refractivity contribution in [3.05, 3.63) is 95.6 Å². The van der Waals surface area contributed by atoms with E-state index in [9.17, 15) is 13.2 Å². The molecule has 0 fully saturated rings. The molecule has 5 nitrogen and oxygen atoms in total. The number of carbonyl (C=O) groups excluding carboxylic acids is 1. The van der Waals surface area contributed by atoms with Gasteiger partial charge in [-0.25, -0.2) is 8.42 Å². The molecule has 0 saturated carbocycles. The van der Waals surface area contributed by atoms with Crippen molar-refractivity contribution in [2.75, 3.05) is 18.0 Å². The number of carbonyl (C=O) groups is 1. The zero-order valence-corrected chi connectivity index (χ0v) is 17.7. The van der Waals surface area contributed by atoms with Gasteiger partial charge in [0, 0.05) is 0 Å². The second kappa shape index (κ2) is 7.61. The minimum atomic E-state index is -3.85. The molecule has 0 spiro atoms. The maximum absolute atomic E-state index is 13.5. The van der Waals surface area contributed by atoms with Crippen LogP contribution in [-0.2, 0) is 31.4 Å². The van der Waals surface area contributed by atoms with E-state index in [1.807, 2.05) is 49.4 Å². The fourth-order valence-electron chi connectivity index (χ4n) is 4.10. The molecule has 4 rings (SSSR count). The van der Waals surface area contributed by atoms with Crippen LogP contribution in [0.5, 0.6) is 0 Å². The zero-order valence-electron chi connectivity index (χ0n) is 16.9. The van der Waals surface area contributed by atoms with Gasteiger partial charge in [0.2, 0.25) is 0 Å². The second-order valence-corrected chi connectivity index (χ2v) is 9.44. The van der Waals surface area contributed by atoms with Gasteiger partial charge in [-0.15, -0.1) is 0 Å². The molecular formula is C24H23NO4S. The normalized spacial score (nSPS) is 18.1. The van der Waals surface area contributed by atoms with Crippen LogP contribution in [0.2, 0.25) is 0 Å². The Morgan fingerprint density at radius 2 is 1.60 bits per heavy atom. The number of anilines is 1. The number of para-hydroxylation sites is 1. The molecule has 1 atom stereocenters. The number of aryl methyl sites for hydroxylation is 1. The van der Waals surface area contributed by atoms with E-state index >= 15 is 0 Å². The van der Waals surface area contributed by atoms with Crippen LogP contribution in [0.25, 0.3) is 0 Å². The van der Waals surface area contributed by atoms with Crippen LogP contribution in [0.1, 0.15) is 16.7 Å². The van der Waals surface area contributed by atoms with Crippen molar-refractivity contribution in [3.63, 3.8) is 0 Å². The molecule has 0 N–H and O–H groups in total. The molecule has 0 saturated heterocycles. The van der Waals surface area contributed by atoms with Gasteiger partial charge in [0.05, 0.1) is 24.2 Å². The number of ether oxygens (including phenoxy) is 1. The molecule has 1 heterocycles. The van der Waals surface area contributed by atoms with E-state index in [4.69, 9.17) is 4.74 Å². The Labute approximate surface area is 177 Å². The number of rotatable bonds is 5. The molecule has 1 unspecified atom stereocenters. The molecular weight excluding hydrogens is 398 g/mol. The van der Waals surface area contributed by atoms with E-state index in [0.29, 0.717) is 17.7 Å². The van der Waals surface area contributed by atoms with Crippen LogP contribution in [0.3, 0.4) is 0 Å². The first-order valence-corrected chi connectivity index (χ1v) is 11.1. The molecule has 0 bridgehead atoms. The topological polar surface area (TPSA) is 63.7 Å². The average Bonchev–Trinajstić information content (AvgIpc) is 3.10. The van der Waals surface area contributed by atoms with Gasteiger partial charge in [0.15, 0.2) is 0 Å². The largest absolute Gasteiger partial charge is 0.468 e. The number of sulfonamides is 1. The van der Waals surface area contributed by atoms with Crippen molar-refractivity contribution in [3.8, 4) is 0 Å². The third-order valence-corrected chi connectivity index (χ3v) is 7.41.